The Morgan fingerprint density at radius 1 is 1.60 bits per heavy atom. The zero-order valence-corrected chi connectivity index (χ0v) is 12.5. The van der Waals surface area contributed by atoms with Gasteiger partial charge in [-0.1, -0.05) is 6.92 Å². The van der Waals surface area contributed by atoms with Gasteiger partial charge in [0.05, 0.1) is 16.0 Å². The summed E-state index contributed by atoms with van der Waals surface area (Å²) in [4.78, 5) is 4.34. The molecule has 1 aromatic heterocycles. The molecule has 5 heteroatoms. The van der Waals surface area contributed by atoms with Crippen LogP contribution >= 0.6 is 39.0 Å². The van der Waals surface area contributed by atoms with Crippen LogP contribution in [0.5, 0.6) is 0 Å². The number of aromatic nitrogens is 1. The van der Waals surface area contributed by atoms with E-state index in [1.165, 1.54) is 6.42 Å². The molecule has 0 aromatic carbocycles. The second-order valence-electron chi connectivity index (χ2n) is 3.51. The number of thiazole rings is 1. The lowest BCUT2D eigenvalue weighted by molar-refractivity contribution is 0.555. The molecule has 0 radical (unpaired) electrons. The number of halogens is 1. The summed E-state index contributed by atoms with van der Waals surface area (Å²) < 4.78 is 1.10. The van der Waals surface area contributed by atoms with E-state index in [2.05, 4.69) is 46.3 Å². The molecule has 15 heavy (non-hydrogen) atoms. The number of hydrogen-bond acceptors (Lipinski definition) is 4. The van der Waals surface area contributed by atoms with Crippen LogP contribution in [0.1, 0.15) is 31.3 Å². The summed E-state index contributed by atoms with van der Waals surface area (Å²) in [6.07, 6.45) is 5.23. The number of thioether (sulfide) groups is 1. The third kappa shape index (κ3) is 4.85. The molecule has 1 heterocycles. The zero-order chi connectivity index (χ0) is 11.3. The van der Waals surface area contributed by atoms with Gasteiger partial charge in [0, 0.05) is 5.25 Å². The minimum Gasteiger partial charge on any atom is -0.308 e. The first-order valence-electron chi connectivity index (χ1n) is 5.01. The van der Waals surface area contributed by atoms with Gasteiger partial charge in [-0.15, -0.1) is 11.3 Å². The van der Waals surface area contributed by atoms with Crippen LogP contribution < -0.4 is 5.32 Å². The van der Waals surface area contributed by atoms with Crippen molar-refractivity contribution in [2.24, 2.45) is 0 Å². The van der Waals surface area contributed by atoms with Gasteiger partial charge in [0.1, 0.15) is 5.01 Å². The van der Waals surface area contributed by atoms with E-state index in [0.29, 0.717) is 6.04 Å². The summed E-state index contributed by atoms with van der Waals surface area (Å²) in [5, 5.41) is 5.37. The molecule has 86 valence electrons. The van der Waals surface area contributed by atoms with Crippen molar-refractivity contribution in [1.82, 2.24) is 10.3 Å². The molecular weight excluding hydrogens is 292 g/mol. The van der Waals surface area contributed by atoms with Gasteiger partial charge in [-0.2, -0.15) is 11.8 Å². The molecule has 2 nitrogen and oxygen atoms in total. The molecular formula is C10H17BrN2S2. The van der Waals surface area contributed by atoms with E-state index in [1.54, 1.807) is 11.3 Å². The molecule has 0 aliphatic carbocycles. The van der Waals surface area contributed by atoms with Crippen molar-refractivity contribution in [2.75, 3.05) is 12.8 Å². The Hall–Kier alpha value is 0.420. The standard InChI is InChI=1S/C10H17BrN2S2/c1-7(14-3)4-5-12-8(2)10-13-6-9(11)15-10/h6-8,12H,4-5H2,1-3H3. The third-order valence-electron chi connectivity index (χ3n) is 2.27. The monoisotopic (exact) mass is 308 g/mol. The van der Waals surface area contributed by atoms with Crippen LogP contribution in [-0.4, -0.2) is 23.0 Å². The van der Waals surface area contributed by atoms with E-state index in [9.17, 15) is 0 Å². The van der Waals surface area contributed by atoms with Crippen LogP contribution in [0.4, 0.5) is 0 Å². The predicted molar refractivity (Wildman–Crippen MR) is 73.8 cm³/mol. The average Bonchev–Trinajstić information content (AvgIpc) is 2.64. The van der Waals surface area contributed by atoms with Crippen molar-refractivity contribution in [3.8, 4) is 0 Å². The number of hydrogen-bond donors (Lipinski definition) is 1. The van der Waals surface area contributed by atoms with E-state index in [4.69, 9.17) is 0 Å². The quantitative estimate of drug-likeness (QED) is 0.867. The van der Waals surface area contributed by atoms with Crippen LogP contribution in [0.3, 0.4) is 0 Å². The van der Waals surface area contributed by atoms with Crippen molar-refractivity contribution in [2.45, 2.75) is 31.6 Å². The molecule has 1 N–H and O–H groups in total. The first kappa shape index (κ1) is 13.5. The Morgan fingerprint density at radius 2 is 2.33 bits per heavy atom. The fraction of sp³-hybridized carbons (Fsp3) is 0.700. The number of rotatable bonds is 6. The normalized spacial score (nSPS) is 15.2. The van der Waals surface area contributed by atoms with Crippen LogP contribution in [0.2, 0.25) is 0 Å². The highest BCUT2D eigenvalue weighted by Crippen LogP contribution is 2.24. The van der Waals surface area contributed by atoms with Gasteiger partial charge in [0.2, 0.25) is 0 Å². The first-order chi connectivity index (χ1) is 7.13. The minimum absolute atomic E-state index is 0.357. The summed E-state index contributed by atoms with van der Waals surface area (Å²) in [5.41, 5.74) is 0. The maximum absolute atomic E-state index is 4.34. The minimum atomic E-state index is 0.357. The van der Waals surface area contributed by atoms with Gasteiger partial charge in [-0.05, 0) is 42.1 Å². The molecule has 2 atom stereocenters. The highest BCUT2D eigenvalue weighted by atomic mass is 79.9. The smallest absolute Gasteiger partial charge is 0.110 e. The van der Waals surface area contributed by atoms with Crippen molar-refractivity contribution >= 4 is 39.0 Å². The summed E-state index contributed by atoms with van der Waals surface area (Å²) in [6, 6.07) is 0.357. The molecule has 1 rings (SSSR count). The lowest BCUT2D eigenvalue weighted by Gasteiger charge is -2.13. The van der Waals surface area contributed by atoms with Gasteiger partial charge in [0.15, 0.2) is 0 Å². The molecule has 0 amide bonds. The van der Waals surface area contributed by atoms with Gasteiger partial charge in [-0.3, -0.25) is 0 Å². The fourth-order valence-electron chi connectivity index (χ4n) is 1.18. The molecule has 0 bridgehead atoms. The third-order valence-corrected chi connectivity index (χ3v) is 4.97. The Morgan fingerprint density at radius 3 is 2.87 bits per heavy atom. The molecule has 1 aromatic rings. The van der Waals surface area contributed by atoms with Crippen molar-refractivity contribution in [3.63, 3.8) is 0 Å². The largest absolute Gasteiger partial charge is 0.308 e. The summed E-state index contributed by atoms with van der Waals surface area (Å²) in [6.45, 7) is 5.48. The van der Waals surface area contributed by atoms with Crippen molar-refractivity contribution in [1.29, 1.82) is 0 Å². The zero-order valence-electron chi connectivity index (χ0n) is 9.29. The van der Waals surface area contributed by atoms with E-state index in [-0.39, 0.29) is 0 Å². The second kappa shape index (κ2) is 6.89. The van der Waals surface area contributed by atoms with Crippen LogP contribution in [0.15, 0.2) is 9.98 Å². The predicted octanol–water partition coefficient (Wildman–Crippen LogP) is 3.70. The molecule has 0 fully saturated rings. The second-order valence-corrected chi connectivity index (χ2v) is 7.23. The van der Waals surface area contributed by atoms with Crippen LogP contribution in [-0.2, 0) is 0 Å². The number of nitrogens with one attached hydrogen (secondary N) is 1. The lowest BCUT2D eigenvalue weighted by Crippen LogP contribution is -2.21. The van der Waals surface area contributed by atoms with E-state index >= 15 is 0 Å². The fourth-order valence-corrected chi connectivity index (χ4v) is 2.80. The maximum Gasteiger partial charge on any atom is 0.110 e. The van der Waals surface area contributed by atoms with Crippen molar-refractivity contribution in [3.05, 3.63) is 15.0 Å². The SMILES string of the molecule is CSC(C)CCNC(C)c1ncc(Br)s1. The maximum atomic E-state index is 4.34. The van der Waals surface area contributed by atoms with Gasteiger partial charge in [0.25, 0.3) is 0 Å². The molecule has 0 saturated carbocycles. The van der Waals surface area contributed by atoms with Gasteiger partial charge >= 0.3 is 0 Å². The van der Waals surface area contributed by atoms with E-state index < -0.39 is 0 Å². The highest BCUT2D eigenvalue weighted by Gasteiger charge is 2.09. The van der Waals surface area contributed by atoms with Gasteiger partial charge in [-0.25, -0.2) is 4.98 Å². The topological polar surface area (TPSA) is 24.9 Å². The summed E-state index contributed by atoms with van der Waals surface area (Å²) in [7, 11) is 0. The van der Waals surface area contributed by atoms with Crippen LogP contribution in [0, 0.1) is 0 Å². The van der Waals surface area contributed by atoms with Crippen molar-refractivity contribution < 1.29 is 0 Å². The Kier molecular flexibility index (Phi) is 6.19. The summed E-state index contributed by atoms with van der Waals surface area (Å²) in [5.74, 6) is 0. The molecule has 0 saturated heterocycles. The Bertz CT molecular complexity index is 291. The average molecular weight is 309 g/mol. The highest BCUT2D eigenvalue weighted by molar-refractivity contribution is 9.11. The van der Waals surface area contributed by atoms with E-state index in [1.807, 2.05) is 18.0 Å². The summed E-state index contributed by atoms with van der Waals surface area (Å²) >= 11 is 7.04. The Balaban J connectivity index is 2.27. The van der Waals surface area contributed by atoms with E-state index in [0.717, 1.165) is 20.6 Å². The molecule has 0 aliphatic rings. The molecule has 2 unspecified atom stereocenters. The first-order valence-corrected chi connectivity index (χ1v) is 7.90. The lowest BCUT2D eigenvalue weighted by atomic mass is 10.3. The van der Waals surface area contributed by atoms with Crippen LogP contribution in [0.25, 0.3) is 0 Å². The molecule has 0 aliphatic heterocycles. The molecule has 0 spiro atoms. The number of nitrogens with zero attached hydrogens (tertiary/aromatic N) is 1. The van der Waals surface area contributed by atoms with Gasteiger partial charge < -0.3 is 5.32 Å². The Labute approximate surface area is 108 Å².